The van der Waals surface area contributed by atoms with Gasteiger partial charge >= 0.3 is 6.03 Å². The van der Waals surface area contributed by atoms with Crippen LogP contribution in [0.2, 0.25) is 0 Å². The van der Waals surface area contributed by atoms with Gasteiger partial charge in [-0.15, -0.1) is 0 Å². The first-order chi connectivity index (χ1) is 10.3. The minimum absolute atomic E-state index is 0.170. The molecular formula is C16H21N3O2. The van der Waals surface area contributed by atoms with E-state index in [1.165, 1.54) is 0 Å². The van der Waals surface area contributed by atoms with Crippen LogP contribution in [0.5, 0.6) is 0 Å². The maximum absolute atomic E-state index is 11.8. The molecule has 1 aliphatic rings. The quantitative estimate of drug-likeness (QED) is 0.789. The fourth-order valence-electron chi connectivity index (χ4n) is 2.28. The third-order valence-corrected chi connectivity index (χ3v) is 3.65. The van der Waals surface area contributed by atoms with Gasteiger partial charge in [-0.3, -0.25) is 0 Å². The number of rotatable bonds is 6. The van der Waals surface area contributed by atoms with E-state index in [4.69, 9.17) is 4.42 Å². The summed E-state index contributed by atoms with van der Waals surface area (Å²) in [6.07, 6.45) is 5.62. The fraction of sp³-hybridized carbons (Fsp3) is 0.500. The number of nitrogens with zero attached hydrogens (tertiary/aromatic N) is 1. The molecule has 0 radical (unpaired) electrons. The van der Waals surface area contributed by atoms with Crippen LogP contribution in [0.15, 0.2) is 22.6 Å². The lowest BCUT2D eigenvalue weighted by molar-refractivity contribution is 0.252. The molecule has 2 N–H and O–H groups in total. The minimum atomic E-state index is -0.170. The zero-order valence-electron chi connectivity index (χ0n) is 12.3. The fourth-order valence-corrected chi connectivity index (χ4v) is 2.28. The maximum atomic E-state index is 11.8. The highest BCUT2D eigenvalue weighted by molar-refractivity contribution is 5.91. The van der Waals surface area contributed by atoms with E-state index < -0.39 is 0 Å². The standard InChI is InChI=1S/C16H21N3O2/c1-2-3-4-9-17-16(20)18-12-7-8-14-13(10-12)19-15(21-14)11-5-6-11/h7-8,10-11H,2-6,9H2,1H3,(H2,17,18,20). The van der Waals surface area contributed by atoms with Crippen molar-refractivity contribution in [2.24, 2.45) is 0 Å². The van der Waals surface area contributed by atoms with Gasteiger partial charge in [0.1, 0.15) is 5.52 Å². The number of benzene rings is 1. The molecule has 0 spiro atoms. The molecule has 5 nitrogen and oxygen atoms in total. The van der Waals surface area contributed by atoms with E-state index >= 15 is 0 Å². The van der Waals surface area contributed by atoms with E-state index in [-0.39, 0.29) is 6.03 Å². The Morgan fingerprint density at radius 2 is 2.24 bits per heavy atom. The third-order valence-electron chi connectivity index (χ3n) is 3.65. The van der Waals surface area contributed by atoms with Crippen molar-refractivity contribution in [3.8, 4) is 0 Å². The Labute approximate surface area is 124 Å². The number of aromatic nitrogens is 1. The molecule has 1 aliphatic carbocycles. The van der Waals surface area contributed by atoms with Gasteiger partial charge in [0.25, 0.3) is 0 Å². The second-order valence-corrected chi connectivity index (χ2v) is 5.60. The molecule has 112 valence electrons. The first-order valence-corrected chi connectivity index (χ1v) is 7.71. The third kappa shape index (κ3) is 3.54. The summed E-state index contributed by atoms with van der Waals surface area (Å²) in [4.78, 5) is 16.3. The van der Waals surface area contributed by atoms with Crippen LogP contribution in [-0.4, -0.2) is 17.6 Å². The molecule has 2 aromatic rings. The summed E-state index contributed by atoms with van der Waals surface area (Å²) in [6, 6.07) is 5.39. The summed E-state index contributed by atoms with van der Waals surface area (Å²) in [5.41, 5.74) is 2.33. The van der Waals surface area contributed by atoms with Crippen molar-refractivity contribution in [1.29, 1.82) is 0 Å². The van der Waals surface area contributed by atoms with Crippen LogP contribution in [-0.2, 0) is 0 Å². The summed E-state index contributed by atoms with van der Waals surface area (Å²) in [5.74, 6) is 1.32. The van der Waals surface area contributed by atoms with E-state index in [1.54, 1.807) is 0 Å². The smallest absolute Gasteiger partial charge is 0.319 e. The molecule has 1 fully saturated rings. The summed E-state index contributed by atoms with van der Waals surface area (Å²) < 4.78 is 5.70. The van der Waals surface area contributed by atoms with Gasteiger partial charge < -0.3 is 15.1 Å². The van der Waals surface area contributed by atoms with Crippen LogP contribution in [0.3, 0.4) is 0 Å². The average molecular weight is 287 g/mol. The number of nitrogens with one attached hydrogen (secondary N) is 2. The Hall–Kier alpha value is -2.04. The van der Waals surface area contributed by atoms with E-state index in [0.29, 0.717) is 12.5 Å². The summed E-state index contributed by atoms with van der Waals surface area (Å²) in [7, 11) is 0. The number of urea groups is 1. The van der Waals surface area contributed by atoms with Gasteiger partial charge in [-0.2, -0.15) is 0 Å². The van der Waals surface area contributed by atoms with Crippen LogP contribution >= 0.6 is 0 Å². The number of hydrogen-bond donors (Lipinski definition) is 2. The molecule has 2 amide bonds. The van der Waals surface area contributed by atoms with Crippen LogP contribution in [0.25, 0.3) is 11.1 Å². The van der Waals surface area contributed by atoms with Crippen molar-refractivity contribution in [3.05, 3.63) is 24.1 Å². The summed E-state index contributed by atoms with van der Waals surface area (Å²) in [5, 5.41) is 5.69. The first kappa shape index (κ1) is 13.9. The predicted molar refractivity (Wildman–Crippen MR) is 82.5 cm³/mol. The van der Waals surface area contributed by atoms with Gasteiger partial charge in [0.05, 0.1) is 0 Å². The topological polar surface area (TPSA) is 67.2 Å². The lowest BCUT2D eigenvalue weighted by Gasteiger charge is -2.06. The largest absolute Gasteiger partial charge is 0.440 e. The van der Waals surface area contributed by atoms with E-state index in [0.717, 1.165) is 54.8 Å². The Kier molecular flexibility index (Phi) is 4.08. The van der Waals surface area contributed by atoms with Crippen LogP contribution in [0.1, 0.15) is 50.8 Å². The molecule has 0 aliphatic heterocycles. The maximum Gasteiger partial charge on any atom is 0.319 e. The highest BCUT2D eigenvalue weighted by Gasteiger charge is 2.28. The normalized spacial score (nSPS) is 14.3. The molecule has 21 heavy (non-hydrogen) atoms. The number of carbonyl (C=O) groups excluding carboxylic acids is 1. The number of unbranched alkanes of at least 4 members (excludes halogenated alkanes) is 2. The van der Waals surface area contributed by atoms with Crippen molar-refractivity contribution >= 4 is 22.8 Å². The van der Waals surface area contributed by atoms with Crippen molar-refractivity contribution < 1.29 is 9.21 Å². The van der Waals surface area contributed by atoms with Gasteiger partial charge in [0.2, 0.25) is 0 Å². The molecule has 0 atom stereocenters. The van der Waals surface area contributed by atoms with Crippen molar-refractivity contribution in [1.82, 2.24) is 10.3 Å². The molecule has 1 saturated carbocycles. The Morgan fingerprint density at radius 1 is 1.38 bits per heavy atom. The molecular weight excluding hydrogens is 266 g/mol. The number of carbonyl (C=O) groups is 1. The molecule has 0 bridgehead atoms. The molecule has 0 saturated heterocycles. The lowest BCUT2D eigenvalue weighted by Crippen LogP contribution is -2.29. The molecule has 5 heteroatoms. The van der Waals surface area contributed by atoms with Gasteiger partial charge in [-0.25, -0.2) is 9.78 Å². The van der Waals surface area contributed by atoms with Crippen molar-refractivity contribution in [3.63, 3.8) is 0 Å². The predicted octanol–water partition coefficient (Wildman–Crippen LogP) is 4.02. The van der Waals surface area contributed by atoms with Crippen LogP contribution < -0.4 is 10.6 Å². The second kappa shape index (κ2) is 6.16. The van der Waals surface area contributed by atoms with Gasteiger partial charge in [-0.05, 0) is 37.5 Å². The molecule has 1 aromatic heterocycles. The second-order valence-electron chi connectivity index (χ2n) is 5.60. The molecule has 3 rings (SSSR count). The number of anilines is 1. The molecule has 1 heterocycles. The highest BCUT2D eigenvalue weighted by atomic mass is 16.3. The average Bonchev–Trinajstić information content (AvgIpc) is 3.24. The zero-order valence-corrected chi connectivity index (χ0v) is 12.3. The highest BCUT2D eigenvalue weighted by Crippen LogP contribution is 2.40. The van der Waals surface area contributed by atoms with Crippen molar-refractivity contribution in [2.75, 3.05) is 11.9 Å². The Morgan fingerprint density at radius 3 is 3.00 bits per heavy atom. The Balaban J connectivity index is 1.59. The van der Waals surface area contributed by atoms with E-state index in [2.05, 4.69) is 22.5 Å². The summed E-state index contributed by atoms with van der Waals surface area (Å²) in [6.45, 7) is 2.85. The van der Waals surface area contributed by atoms with Crippen LogP contribution in [0, 0.1) is 0 Å². The number of amides is 2. The first-order valence-electron chi connectivity index (χ1n) is 7.71. The molecule has 1 aromatic carbocycles. The van der Waals surface area contributed by atoms with E-state index in [1.807, 2.05) is 18.2 Å². The summed E-state index contributed by atoms with van der Waals surface area (Å²) >= 11 is 0. The van der Waals surface area contributed by atoms with Gasteiger partial charge in [-0.1, -0.05) is 19.8 Å². The van der Waals surface area contributed by atoms with Crippen LogP contribution in [0.4, 0.5) is 10.5 Å². The lowest BCUT2D eigenvalue weighted by atomic mass is 10.2. The number of fused-ring (bicyclic) bond motifs is 1. The van der Waals surface area contributed by atoms with E-state index in [9.17, 15) is 4.79 Å². The monoisotopic (exact) mass is 287 g/mol. The number of oxazole rings is 1. The van der Waals surface area contributed by atoms with Crippen molar-refractivity contribution in [2.45, 2.75) is 44.9 Å². The minimum Gasteiger partial charge on any atom is -0.440 e. The molecule has 0 unspecified atom stereocenters. The van der Waals surface area contributed by atoms with Gasteiger partial charge in [0, 0.05) is 18.2 Å². The Bertz CT molecular complexity index is 631. The SMILES string of the molecule is CCCCCNC(=O)Nc1ccc2oc(C3CC3)nc2c1. The number of hydrogen-bond acceptors (Lipinski definition) is 3. The van der Waals surface area contributed by atoms with Gasteiger partial charge in [0.15, 0.2) is 11.5 Å². The zero-order chi connectivity index (χ0) is 14.7.